The van der Waals surface area contributed by atoms with Crippen molar-refractivity contribution in [2.24, 2.45) is 7.05 Å². The van der Waals surface area contributed by atoms with E-state index < -0.39 is 0 Å². The van der Waals surface area contributed by atoms with E-state index in [4.69, 9.17) is 0 Å². The predicted octanol–water partition coefficient (Wildman–Crippen LogP) is 4.07. The highest BCUT2D eigenvalue weighted by Gasteiger charge is 2.25. The Bertz CT molecular complexity index is 939. The van der Waals surface area contributed by atoms with Crippen LogP contribution in [0.15, 0.2) is 42.7 Å². The van der Waals surface area contributed by atoms with Crippen molar-refractivity contribution >= 4 is 0 Å². The van der Waals surface area contributed by atoms with Crippen molar-refractivity contribution in [1.82, 2.24) is 4.98 Å². The Morgan fingerprint density at radius 3 is 2.65 bits per heavy atom. The molecule has 4 rings (SSSR count). The Hall–Kier alpha value is -2.48. The number of fused-ring (bicyclic) bond motifs is 3. The van der Waals surface area contributed by atoms with Gasteiger partial charge in [-0.2, -0.15) is 0 Å². The zero-order chi connectivity index (χ0) is 16.1. The molecule has 0 saturated heterocycles. The molecule has 0 unspecified atom stereocenters. The lowest BCUT2D eigenvalue weighted by molar-refractivity contribution is -0.660. The third-order valence-corrected chi connectivity index (χ3v) is 4.97. The first-order valence-electron chi connectivity index (χ1n) is 8.09. The lowest BCUT2D eigenvalue weighted by Crippen LogP contribution is -2.31. The summed E-state index contributed by atoms with van der Waals surface area (Å²) in [5.74, 6) is 0. The number of aryl methyl sites for hydroxylation is 3. The van der Waals surface area contributed by atoms with Crippen LogP contribution in [0, 0.1) is 20.8 Å². The van der Waals surface area contributed by atoms with Crippen molar-refractivity contribution in [3.8, 4) is 22.5 Å². The fourth-order valence-electron chi connectivity index (χ4n) is 3.67. The van der Waals surface area contributed by atoms with Gasteiger partial charge in [0.15, 0.2) is 6.20 Å². The molecule has 3 aromatic rings. The first-order chi connectivity index (χ1) is 11.0. The van der Waals surface area contributed by atoms with Gasteiger partial charge in [-0.3, -0.25) is 4.98 Å². The van der Waals surface area contributed by atoms with Gasteiger partial charge in [0.25, 0.3) is 0 Å². The first kappa shape index (κ1) is 14.1. The SMILES string of the molecule is Cc1cc(C)c(C)c(-c2cc3c(c[n+]2C)Cc2cccnc2-3)c1. The fraction of sp³-hybridized carbons (Fsp3) is 0.238. The number of hydrogen-bond acceptors (Lipinski definition) is 1. The molecule has 1 aromatic carbocycles. The molecule has 0 amide bonds. The Morgan fingerprint density at radius 2 is 1.83 bits per heavy atom. The van der Waals surface area contributed by atoms with Gasteiger partial charge >= 0.3 is 0 Å². The molecule has 1 aliphatic rings. The second kappa shape index (κ2) is 5.02. The molecule has 0 spiro atoms. The van der Waals surface area contributed by atoms with E-state index >= 15 is 0 Å². The van der Waals surface area contributed by atoms with E-state index in [1.165, 1.54) is 44.6 Å². The van der Waals surface area contributed by atoms with Crippen LogP contribution in [0.25, 0.3) is 22.5 Å². The van der Waals surface area contributed by atoms with E-state index in [1.54, 1.807) is 0 Å². The molecule has 0 fully saturated rings. The van der Waals surface area contributed by atoms with Crippen LogP contribution in [0.5, 0.6) is 0 Å². The maximum atomic E-state index is 4.61. The van der Waals surface area contributed by atoms with Crippen LogP contribution in [0.3, 0.4) is 0 Å². The van der Waals surface area contributed by atoms with Gasteiger partial charge in [-0.25, -0.2) is 4.57 Å². The standard InChI is InChI=1S/C21H21N2/c1-13-8-14(2)15(3)18(9-13)20-11-19-17(12-23(20)4)10-16-6-5-7-22-21(16)19/h5-9,11-12H,10H2,1-4H3/q+1. The van der Waals surface area contributed by atoms with E-state index in [0.29, 0.717) is 0 Å². The Morgan fingerprint density at radius 1 is 1.00 bits per heavy atom. The normalized spacial score (nSPS) is 12.2. The van der Waals surface area contributed by atoms with E-state index in [-0.39, 0.29) is 0 Å². The molecule has 0 aliphatic heterocycles. The lowest BCUT2D eigenvalue weighted by atomic mass is 9.96. The van der Waals surface area contributed by atoms with Crippen molar-refractivity contribution in [2.45, 2.75) is 27.2 Å². The van der Waals surface area contributed by atoms with Crippen LogP contribution in [-0.4, -0.2) is 4.98 Å². The van der Waals surface area contributed by atoms with Crippen LogP contribution >= 0.6 is 0 Å². The summed E-state index contributed by atoms with van der Waals surface area (Å²) in [6.45, 7) is 6.57. The second-order valence-corrected chi connectivity index (χ2v) is 6.65. The molecule has 0 atom stereocenters. The van der Waals surface area contributed by atoms with Gasteiger partial charge < -0.3 is 0 Å². The van der Waals surface area contributed by atoms with E-state index in [2.05, 4.69) is 67.8 Å². The van der Waals surface area contributed by atoms with Gasteiger partial charge in [0, 0.05) is 35.4 Å². The zero-order valence-electron chi connectivity index (χ0n) is 14.1. The summed E-state index contributed by atoms with van der Waals surface area (Å²) in [6.07, 6.45) is 5.14. The van der Waals surface area contributed by atoms with Gasteiger partial charge in [0.05, 0.1) is 5.69 Å². The number of hydrogen-bond donors (Lipinski definition) is 0. The molecule has 1 aliphatic carbocycles. The van der Waals surface area contributed by atoms with E-state index in [9.17, 15) is 0 Å². The van der Waals surface area contributed by atoms with E-state index in [0.717, 1.165) is 12.1 Å². The minimum Gasteiger partial charge on any atom is -0.256 e. The first-order valence-corrected chi connectivity index (χ1v) is 8.09. The second-order valence-electron chi connectivity index (χ2n) is 6.65. The predicted molar refractivity (Wildman–Crippen MR) is 93.3 cm³/mol. The number of aromatic nitrogens is 2. The minimum absolute atomic E-state index is 0.985. The van der Waals surface area contributed by atoms with Crippen molar-refractivity contribution in [2.75, 3.05) is 0 Å². The van der Waals surface area contributed by atoms with Gasteiger partial charge in [-0.05, 0) is 49.6 Å². The Kier molecular flexibility index (Phi) is 3.08. The molecule has 2 heteroatoms. The quantitative estimate of drug-likeness (QED) is 0.484. The third kappa shape index (κ3) is 2.17. The van der Waals surface area contributed by atoms with Crippen LogP contribution < -0.4 is 4.57 Å². The van der Waals surface area contributed by atoms with Crippen LogP contribution in [-0.2, 0) is 13.5 Å². The van der Waals surface area contributed by atoms with E-state index in [1.807, 2.05) is 12.3 Å². The Labute approximate surface area is 137 Å². The highest BCUT2D eigenvalue weighted by Crippen LogP contribution is 2.36. The fourth-order valence-corrected chi connectivity index (χ4v) is 3.67. The summed E-state index contributed by atoms with van der Waals surface area (Å²) in [5.41, 5.74) is 11.7. The van der Waals surface area contributed by atoms with Crippen LogP contribution in [0.4, 0.5) is 0 Å². The van der Waals surface area contributed by atoms with Crippen molar-refractivity contribution < 1.29 is 4.57 Å². The number of nitrogens with zero attached hydrogens (tertiary/aromatic N) is 2. The molecule has 114 valence electrons. The molecule has 23 heavy (non-hydrogen) atoms. The van der Waals surface area contributed by atoms with Gasteiger partial charge in [-0.1, -0.05) is 17.7 Å². The van der Waals surface area contributed by atoms with Crippen molar-refractivity contribution in [1.29, 1.82) is 0 Å². The largest absolute Gasteiger partial charge is 0.256 e. The summed E-state index contributed by atoms with van der Waals surface area (Å²) >= 11 is 0. The highest BCUT2D eigenvalue weighted by molar-refractivity contribution is 5.77. The summed E-state index contributed by atoms with van der Waals surface area (Å²) in [5, 5.41) is 0. The zero-order valence-corrected chi connectivity index (χ0v) is 14.1. The molecule has 2 heterocycles. The van der Waals surface area contributed by atoms with Crippen molar-refractivity contribution in [3.05, 3.63) is 70.5 Å². The summed E-state index contributed by atoms with van der Waals surface area (Å²) in [7, 11) is 2.14. The summed E-state index contributed by atoms with van der Waals surface area (Å²) in [6, 6.07) is 11.1. The molecule has 0 N–H and O–H groups in total. The smallest absolute Gasteiger partial charge is 0.213 e. The molecule has 0 bridgehead atoms. The average Bonchev–Trinajstić information content (AvgIpc) is 2.87. The van der Waals surface area contributed by atoms with Gasteiger partial charge in [0.2, 0.25) is 5.69 Å². The lowest BCUT2D eigenvalue weighted by Gasteiger charge is -2.10. The maximum absolute atomic E-state index is 4.61. The average molecular weight is 301 g/mol. The molecule has 0 saturated carbocycles. The van der Waals surface area contributed by atoms with Gasteiger partial charge in [0.1, 0.15) is 7.05 Å². The van der Waals surface area contributed by atoms with Crippen LogP contribution in [0.2, 0.25) is 0 Å². The molecule has 0 radical (unpaired) electrons. The minimum atomic E-state index is 0.985. The van der Waals surface area contributed by atoms with Crippen LogP contribution in [0.1, 0.15) is 27.8 Å². The summed E-state index contributed by atoms with van der Waals surface area (Å²) in [4.78, 5) is 4.61. The topological polar surface area (TPSA) is 16.8 Å². The number of benzene rings is 1. The molecular weight excluding hydrogens is 280 g/mol. The summed E-state index contributed by atoms with van der Waals surface area (Å²) < 4.78 is 2.26. The van der Waals surface area contributed by atoms with Crippen molar-refractivity contribution in [3.63, 3.8) is 0 Å². The Balaban J connectivity index is 1.97. The third-order valence-electron chi connectivity index (χ3n) is 4.97. The maximum Gasteiger partial charge on any atom is 0.213 e. The monoisotopic (exact) mass is 301 g/mol. The van der Waals surface area contributed by atoms with Gasteiger partial charge in [-0.15, -0.1) is 0 Å². The molecule has 2 nitrogen and oxygen atoms in total. The highest BCUT2D eigenvalue weighted by atomic mass is 14.9. The number of rotatable bonds is 1. The number of pyridine rings is 2. The molecular formula is C21H21N2+. The molecule has 2 aromatic heterocycles.